The first kappa shape index (κ1) is 11.4. The molecule has 0 fully saturated rings. The molecule has 0 aromatic rings. The van der Waals surface area contributed by atoms with Gasteiger partial charge in [-0.2, -0.15) is 0 Å². The smallest absolute Gasteiger partial charge is 0.338 e. The summed E-state index contributed by atoms with van der Waals surface area (Å²) in [6, 6.07) is 0. The molecule has 0 aliphatic heterocycles. The van der Waals surface area contributed by atoms with Gasteiger partial charge in [0, 0.05) is 12.5 Å². The van der Waals surface area contributed by atoms with Crippen LogP contribution in [-0.2, 0) is 19.1 Å². The van der Waals surface area contributed by atoms with Crippen molar-refractivity contribution in [3.05, 3.63) is 24.7 Å². The normalized spacial score (nSPS) is 9.69. The maximum atomic E-state index is 10.8. The van der Waals surface area contributed by atoms with E-state index in [0.29, 0.717) is 0 Å². The Balaban J connectivity index is 3.88. The number of allylic oxidation sites excluding steroid dienone is 1. The van der Waals surface area contributed by atoms with E-state index in [0.717, 1.165) is 0 Å². The van der Waals surface area contributed by atoms with E-state index in [-0.39, 0.29) is 12.4 Å². The fraction of sp³-hybridized carbons (Fsp3) is 0.333. The van der Waals surface area contributed by atoms with Gasteiger partial charge in [-0.1, -0.05) is 13.0 Å². The van der Waals surface area contributed by atoms with Crippen LogP contribution in [0.1, 0.15) is 20.3 Å². The van der Waals surface area contributed by atoms with Gasteiger partial charge in [-0.25, -0.2) is 4.79 Å². The van der Waals surface area contributed by atoms with Gasteiger partial charge in [0.15, 0.2) is 0 Å². The second kappa shape index (κ2) is 5.99. The van der Waals surface area contributed by atoms with Gasteiger partial charge in [-0.3, -0.25) is 4.79 Å². The van der Waals surface area contributed by atoms with E-state index in [4.69, 9.17) is 0 Å². The van der Waals surface area contributed by atoms with E-state index in [1.54, 1.807) is 13.8 Å². The van der Waals surface area contributed by atoms with Crippen molar-refractivity contribution in [2.24, 2.45) is 0 Å². The van der Waals surface area contributed by atoms with E-state index >= 15 is 0 Å². The molecule has 0 aromatic carbocycles. The Hall–Kier alpha value is -1.58. The van der Waals surface area contributed by atoms with Crippen molar-refractivity contribution in [1.82, 2.24) is 0 Å². The Bertz CT molecular complexity index is 240. The van der Waals surface area contributed by atoms with Crippen LogP contribution in [0.3, 0.4) is 0 Å². The molecule has 0 amide bonds. The van der Waals surface area contributed by atoms with Crippen LogP contribution in [0.15, 0.2) is 24.7 Å². The fourth-order valence-corrected chi connectivity index (χ4v) is 0.502. The summed E-state index contributed by atoms with van der Waals surface area (Å²) in [6.07, 6.45) is 2.92. The van der Waals surface area contributed by atoms with Crippen molar-refractivity contribution >= 4 is 11.9 Å². The van der Waals surface area contributed by atoms with Crippen LogP contribution in [0.5, 0.6) is 0 Å². The van der Waals surface area contributed by atoms with Crippen LogP contribution in [0.25, 0.3) is 0 Å². The first-order chi connectivity index (χ1) is 6.10. The van der Waals surface area contributed by atoms with Gasteiger partial charge < -0.3 is 9.47 Å². The third-order valence-electron chi connectivity index (χ3n) is 1.03. The maximum absolute atomic E-state index is 10.8. The molecular formula is C9H12O4. The summed E-state index contributed by atoms with van der Waals surface area (Å²) in [6.45, 7) is 6.54. The first-order valence-corrected chi connectivity index (χ1v) is 3.84. The molecule has 0 saturated carbocycles. The Kier molecular flexibility index (Phi) is 5.27. The molecule has 0 spiro atoms. The zero-order chi connectivity index (χ0) is 10.3. The highest BCUT2D eigenvalue weighted by atomic mass is 16.7. The minimum atomic E-state index is -0.614. The minimum absolute atomic E-state index is 0.209. The predicted molar refractivity (Wildman–Crippen MR) is 46.4 cm³/mol. The zero-order valence-electron chi connectivity index (χ0n) is 7.70. The highest BCUT2D eigenvalue weighted by Crippen LogP contribution is 1.99. The molecule has 0 bridgehead atoms. The first-order valence-electron chi connectivity index (χ1n) is 3.84. The van der Waals surface area contributed by atoms with Gasteiger partial charge >= 0.3 is 11.9 Å². The molecule has 4 nitrogen and oxygen atoms in total. The summed E-state index contributed by atoms with van der Waals surface area (Å²) in [5.41, 5.74) is 0. The van der Waals surface area contributed by atoms with Crippen molar-refractivity contribution in [2.75, 3.05) is 0 Å². The zero-order valence-corrected chi connectivity index (χ0v) is 7.70. The van der Waals surface area contributed by atoms with Crippen LogP contribution in [0, 0.1) is 0 Å². The molecule has 0 rings (SSSR count). The van der Waals surface area contributed by atoms with Crippen molar-refractivity contribution in [2.45, 2.75) is 20.3 Å². The number of hydrogen-bond donors (Lipinski definition) is 0. The molecule has 0 atom stereocenters. The Morgan fingerprint density at radius 2 is 2.00 bits per heavy atom. The number of rotatable bonds is 4. The summed E-state index contributed by atoms with van der Waals surface area (Å²) < 4.78 is 9.01. The van der Waals surface area contributed by atoms with Crippen LogP contribution in [0.2, 0.25) is 0 Å². The van der Waals surface area contributed by atoms with Gasteiger partial charge in [0.05, 0.1) is 0 Å². The van der Waals surface area contributed by atoms with E-state index in [1.807, 2.05) is 0 Å². The molecule has 13 heavy (non-hydrogen) atoms. The van der Waals surface area contributed by atoms with Crippen LogP contribution >= 0.6 is 0 Å². The largest absolute Gasteiger partial charge is 0.393 e. The molecule has 0 aliphatic rings. The van der Waals surface area contributed by atoms with E-state index < -0.39 is 11.9 Å². The van der Waals surface area contributed by atoms with Crippen molar-refractivity contribution < 1.29 is 19.1 Å². The molecule has 0 heterocycles. The summed E-state index contributed by atoms with van der Waals surface area (Å²) >= 11 is 0. The Morgan fingerprint density at radius 3 is 2.46 bits per heavy atom. The minimum Gasteiger partial charge on any atom is -0.393 e. The van der Waals surface area contributed by atoms with Crippen molar-refractivity contribution in [1.29, 1.82) is 0 Å². The summed E-state index contributed by atoms with van der Waals surface area (Å²) in [4.78, 5) is 21.4. The third-order valence-corrected chi connectivity index (χ3v) is 1.03. The summed E-state index contributed by atoms with van der Waals surface area (Å²) in [5.74, 6) is -1.40. The standard InChI is InChI=1S/C9H12O4/c1-4-6-9(11)13-7(3)12-8(10)5-2/h4,6H,3,5H2,1-2H3/b6-4+. The second-order valence-electron chi connectivity index (χ2n) is 2.12. The lowest BCUT2D eigenvalue weighted by molar-refractivity contribution is -0.150. The number of hydrogen-bond acceptors (Lipinski definition) is 4. The summed E-state index contributed by atoms with van der Waals surface area (Å²) in [7, 11) is 0. The molecule has 0 unspecified atom stereocenters. The van der Waals surface area contributed by atoms with Gasteiger partial charge in [-0.05, 0) is 13.5 Å². The molecule has 4 heteroatoms. The highest BCUT2D eigenvalue weighted by molar-refractivity contribution is 5.82. The van der Waals surface area contributed by atoms with E-state index in [1.165, 1.54) is 12.2 Å². The highest BCUT2D eigenvalue weighted by Gasteiger charge is 2.06. The monoisotopic (exact) mass is 184 g/mol. The lowest BCUT2D eigenvalue weighted by Crippen LogP contribution is -2.07. The summed E-state index contributed by atoms with van der Waals surface area (Å²) in [5, 5.41) is 0. The Labute approximate surface area is 76.8 Å². The number of esters is 2. The lowest BCUT2D eigenvalue weighted by atomic mass is 10.5. The second-order valence-corrected chi connectivity index (χ2v) is 2.12. The molecule has 0 aliphatic carbocycles. The number of ether oxygens (including phenoxy) is 2. The van der Waals surface area contributed by atoms with E-state index in [9.17, 15) is 9.59 Å². The average molecular weight is 184 g/mol. The lowest BCUT2D eigenvalue weighted by Gasteiger charge is -2.03. The van der Waals surface area contributed by atoms with Gasteiger partial charge in [0.2, 0.25) is 0 Å². The third kappa shape index (κ3) is 5.66. The number of carbonyl (C=O) groups excluding carboxylic acids is 2. The maximum Gasteiger partial charge on any atom is 0.338 e. The topological polar surface area (TPSA) is 52.6 Å². The molecule has 0 aromatic heterocycles. The average Bonchev–Trinajstić information content (AvgIpc) is 2.04. The molecule has 0 saturated heterocycles. The van der Waals surface area contributed by atoms with Crippen LogP contribution in [-0.4, -0.2) is 11.9 Å². The fourth-order valence-electron chi connectivity index (χ4n) is 0.502. The SMILES string of the molecule is C=C(OC(=O)/C=C/C)OC(=O)CC. The van der Waals surface area contributed by atoms with Crippen LogP contribution in [0.4, 0.5) is 0 Å². The Morgan fingerprint density at radius 1 is 1.38 bits per heavy atom. The quantitative estimate of drug-likeness (QED) is 0.377. The predicted octanol–water partition coefficient (Wildman–Crippen LogP) is 1.53. The molecular weight excluding hydrogens is 172 g/mol. The van der Waals surface area contributed by atoms with Crippen LogP contribution < -0.4 is 0 Å². The number of carbonyl (C=O) groups is 2. The van der Waals surface area contributed by atoms with Gasteiger partial charge in [0.1, 0.15) is 0 Å². The van der Waals surface area contributed by atoms with Gasteiger partial charge in [-0.15, -0.1) is 0 Å². The molecule has 72 valence electrons. The van der Waals surface area contributed by atoms with Gasteiger partial charge in [0.25, 0.3) is 5.95 Å². The van der Waals surface area contributed by atoms with Crippen molar-refractivity contribution in [3.63, 3.8) is 0 Å². The molecule has 0 N–H and O–H groups in total. The molecule has 0 radical (unpaired) electrons. The van der Waals surface area contributed by atoms with E-state index in [2.05, 4.69) is 16.1 Å². The van der Waals surface area contributed by atoms with Crippen molar-refractivity contribution in [3.8, 4) is 0 Å².